The van der Waals surface area contributed by atoms with E-state index in [-0.39, 0.29) is 5.75 Å². The van der Waals surface area contributed by atoms with Gasteiger partial charge in [0.15, 0.2) is 0 Å². The lowest BCUT2D eigenvalue weighted by atomic mass is 10.0. The van der Waals surface area contributed by atoms with Crippen molar-refractivity contribution in [3.05, 3.63) is 28.8 Å². The van der Waals surface area contributed by atoms with Crippen LogP contribution in [0.3, 0.4) is 0 Å². The Morgan fingerprint density at radius 1 is 1.19 bits per heavy atom. The average Bonchev–Trinajstić information content (AvgIpc) is 2.19. The topological polar surface area (TPSA) is 20.2 Å². The second-order valence-electron chi connectivity index (χ2n) is 3.14. The first-order chi connectivity index (χ1) is 7.36. The molecule has 1 nitrogen and oxygen atoms in total. The average molecular weight is 234 g/mol. The minimum atomic E-state index is -4.39. The number of benzene rings is 1. The van der Waals surface area contributed by atoms with E-state index >= 15 is 0 Å². The summed E-state index contributed by atoms with van der Waals surface area (Å²) in [6.07, 6.45) is -3.87. The van der Waals surface area contributed by atoms with Gasteiger partial charge in [0.05, 0.1) is 5.56 Å². The fourth-order valence-corrected chi connectivity index (χ4v) is 1.42. The Kier molecular flexibility index (Phi) is 5.35. The van der Waals surface area contributed by atoms with Crippen molar-refractivity contribution in [1.29, 1.82) is 0 Å². The number of phenolic OH excluding ortho intramolecular Hbond substituents is 1. The van der Waals surface area contributed by atoms with E-state index in [2.05, 4.69) is 0 Å². The van der Waals surface area contributed by atoms with Crippen LogP contribution < -0.4 is 0 Å². The molecular weight excluding hydrogens is 217 g/mol. The van der Waals surface area contributed by atoms with Crippen LogP contribution in [0.1, 0.15) is 37.5 Å². The maximum absolute atomic E-state index is 12.3. The third kappa shape index (κ3) is 3.43. The number of aromatic hydroxyl groups is 1. The Morgan fingerprint density at radius 2 is 1.69 bits per heavy atom. The van der Waals surface area contributed by atoms with Crippen LogP contribution in [0.2, 0.25) is 0 Å². The van der Waals surface area contributed by atoms with Crippen molar-refractivity contribution >= 4 is 0 Å². The molecule has 1 N–H and O–H groups in total. The fraction of sp³-hybridized carbons (Fsp3) is 0.500. The minimum absolute atomic E-state index is 0.278. The van der Waals surface area contributed by atoms with Crippen molar-refractivity contribution in [2.45, 2.75) is 40.3 Å². The van der Waals surface area contributed by atoms with Crippen LogP contribution in [0, 0.1) is 6.92 Å². The minimum Gasteiger partial charge on any atom is -0.508 e. The van der Waals surface area contributed by atoms with Crippen LogP contribution in [-0.4, -0.2) is 5.11 Å². The van der Waals surface area contributed by atoms with E-state index in [1.807, 2.05) is 13.8 Å². The van der Waals surface area contributed by atoms with Gasteiger partial charge in [-0.15, -0.1) is 0 Å². The van der Waals surface area contributed by atoms with Gasteiger partial charge < -0.3 is 5.11 Å². The summed E-state index contributed by atoms with van der Waals surface area (Å²) < 4.78 is 36.8. The van der Waals surface area contributed by atoms with Crippen molar-refractivity contribution in [3.8, 4) is 5.75 Å². The van der Waals surface area contributed by atoms with Gasteiger partial charge in [0.25, 0.3) is 0 Å². The van der Waals surface area contributed by atoms with Gasteiger partial charge in [-0.2, -0.15) is 13.2 Å². The Hall–Kier alpha value is -1.19. The van der Waals surface area contributed by atoms with Gasteiger partial charge in [0.2, 0.25) is 0 Å². The van der Waals surface area contributed by atoms with Crippen molar-refractivity contribution < 1.29 is 18.3 Å². The van der Waals surface area contributed by atoms with Crippen LogP contribution in [0.5, 0.6) is 5.75 Å². The van der Waals surface area contributed by atoms with Gasteiger partial charge in [0.1, 0.15) is 5.75 Å². The Balaban J connectivity index is 0.00000106. The Morgan fingerprint density at radius 3 is 2.00 bits per heavy atom. The molecule has 0 unspecified atom stereocenters. The molecule has 1 rings (SSSR count). The monoisotopic (exact) mass is 234 g/mol. The number of rotatable bonds is 1. The number of aryl methyl sites for hydroxylation is 1. The molecule has 0 aliphatic carbocycles. The molecule has 0 radical (unpaired) electrons. The third-order valence-corrected chi connectivity index (χ3v) is 2.13. The molecule has 1 aromatic rings. The molecule has 0 aromatic heterocycles. The smallest absolute Gasteiger partial charge is 0.416 e. The summed E-state index contributed by atoms with van der Waals surface area (Å²) in [5, 5.41) is 9.34. The van der Waals surface area contributed by atoms with Crippen LogP contribution >= 0.6 is 0 Å². The summed E-state index contributed by atoms with van der Waals surface area (Å²) >= 11 is 0. The molecule has 4 heteroatoms. The fourth-order valence-electron chi connectivity index (χ4n) is 1.42. The van der Waals surface area contributed by atoms with E-state index in [9.17, 15) is 18.3 Å². The predicted octanol–water partition coefficient (Wildman–Crippen LogP) is 4.31. The molecule has 16 heavy (non-hydrogen) atoms. The summed E-state index contributed by atoms with van der Waals surface area (Å²) in [5.41, 5.74) is 0.238. The lowest BCUT2D eigenvalue weighted by molar-refractivity contribution is -0.137. The predicted molar refractivity (Wildman–Crippen MR) is 58.6 cm³/mol. The first-order valence-electron chi connectivity index (χ1n) is 5.26. The normalized spacial score (nSPS) is 10.7. The van der Waals surface area contributed by atoms with Crippen LogP contribution in [0.15, 0.2) is 12.1 Å². The number of hydrogen-bond donors (Lipinski definition) is 1. The molecule has 0 aliphatic rings. The zero-order chi connectivity index (χ0) is 12.9. The summed E-state index contributed by atoms with van der Waals surface area (Å²) in [7, 11) is 0. The number of phenols is 1. The Labute approximate surface area is 93.9 Å². The highest BCUT2D eigenvalue weighted by Gasteiger charge is 2.31. The second-order valence-corrected chi connectivity index (χ2v) is 3.14. The summed E-state index contributed by atoms with van der Waals surface area (Å²) in [4.78, 5) is 0. The maximum Gasteiger partial charge on any atom is 0.416 e. The van der Waals surface area contributed by atoms with Gasteiger partial charge >= 0.3 is 6.18 Å². The van der Waals surface area contributed by atoms with E-state index in [0.717, 1.165) is 12.1 Å². The van der Waals surface area contributed by atoms with Crippen LogP contribution in [0.25, 0.3) is 0 Å². The van der Waals surface area contributed by atoms with Crippen LogP contribution in [-0.2, 0) is 12.6 Å². The summed E-state index contributed by atoms with van der Waals surface area (Å²) in [5.74, 6) is -0.278. The van der Waals surface area contributed by atoms with E-state index < -0.39 is 11.7 Å². The standard InChI is InChI=1S/C10H11F3O.C2H6/c1-3-8-6(2)4-7(5-9(8)14)10(11,12)13;1-2/h4-5,14H,3H2,1-2H3;1-2H3. The largest absolute Gasteiger partial charge is 0.508 e. The molecule has 0 aliphatic heterocycles. The highest BCUT2D eigenvalue weighted by molar-refractivity contribution is 5.43. The highest BCUT2D eigenvalue weighted by Crippen LogP contribution is 2.34. The van der Waals surface area contributed by atoms with Gasteiger partial charge in [-0.1, -0.05) is 20.8 Å². The van der Waals surface area contributed by atoms with Crippen molar-refractivity contribution in [3.63, 3.8) is 0 Å². The number of alkyl halides is 3. The first kappa shape index (κ1) is 14.8. The van der Waals surface area contributed by atoms with E-state index in [1.54, 1.807) is 13.8 Å². The summed E-state index contributed by atoms with van der Waals surface area (Å²) in [6.45, 7) is 7.35. The lowest BCUT2D eigenvalue weighted by Crippen LogP contribution is -2.06. The summed E-state index contributed by atoms with van der Waals surface area (Å²) in [6, 6.07) is 1.82. The lowest BCUT2D eigenvalue weighted by Gasteiger charge is -2.11. The number of hydrogen-bond acceptors (Lipinski definition) is 1. The molecule has 0 saturated carbocycles. The van der Waals surface area contributed by atoms with Crippen molar-refractivity contribution in [1.82, 2.24) is 0 Å². The van der Waals surface area contributed by atoms with E-state index in [4.69, 9.17) is 0 Å². The van der Waals surface area contributed by atoms with Gasteiger partial charge in [-0.05, 0) is 36.6 Å². The molecular formula is C12H17F3O. The molecule has 0 saturated heterocycles. The van der Waals surface area contributed by atoms with Gasteiger partial charge in [-0.25, -0.2) is 0 Å². The van der Waals surface area contributed by atoms with Crippen molar-refractivity contribution in [2.24, 2.45) is 0 Å². The molecule has 0 spiro atoms. The van der Waals surface area contributed by atoms with Crippen molar-refractivity contribution in [2.75, 3.05) is 0 Å². The van der Waals surface area contributed by atoms with Gasteiger partial charge in [-0.3, -0.25) is 0 Å². The van der Waals surface area contributed by atoms with E-state index in [0.29, 0.717) is 17.5 Å². The van der Waals surface area contributed by atoms with Gasteiger partial charge in [0, 0.05) is 0 Å². The quantitative estimate of drug-likeness (QED) is 0.767. The molecule has 92 valence electrons. The SMILES string of the molecule is CC.CCc1c(C)cc(C(F)(F)F)cc1O. The number of halogens is 3. The second kappa shape index (κ2) is 5.77. The van der Waals surface area contributed by atoms with Crippen LogP contribution in [0.4, 0.5) is 13.2 Å². The molecule has 0 atom stereocenters. The molecule has 0 fully saturated rings. The molecule has 0 bridgehead atoms. The molecule has 0 amide bonds. The molecule has 0 heterocycles. The maximum atomic E-state index is 12.3. The van der Waals surface area contributed by atoms with E-state index in [1.165, 1.54) is 0 Å². The zero-order valence-corrected chi connectivity index (χ0v) is 9.94. The zero-order valence-electron chi connectivity index (χ0n) is 9.94. The Bertz CT molecular complexity index is 320. The third-order valence-electron chi connectivity index (χ3n) is 2.13. The highest BCUT2D eigenvalue weighted by atomic mass is 19.4. The first-order valence-corrected chi connectivity index (χ1v) is 5.26. The molecule has 1 aromatic carbocycles.